The molecule has 1 aromatic carbocycles. The molecule has 0 aromatic heterocycles. The van der Waals surface area contributed by atoms with E-state index in [0.717, 1.165) is 44.6 Å². The first kappa shape index (κ1) is 18.7. The first-order chi connectivity index (χ1) is 9.77. The van der Waals surface area contributed by atoms with E-state index in [1.54, 1.807) is 12.1 Å². The van der Waals surface area contributed by atoms with E-state index in [-0.39, 0.29) is 12.4 Å². The fourth-order valence-corrected chi connectivity index (χ4v) is 1.55. The van der Waals surface area contributed by atoms with Gasteiger partial charge < -0.3 is 25.2 Å². The first-order valence-corrected chi connectivity index (χ1v) is 6.25. The zero-order valence-electron chi connectivity index (χ0n) is 12.0. The van der Waals surface area contributed by atoms with Crippen molar-refractivity contribution < 1.29 is 34.8 Å². The number of carboxylic acids is 2. The van der Waals surface area contributed by atoms with Gasteiger partial charge in [0.2, 0.25) is 0 Å². The highest BCUT2D eigenvalue weighted by Gasteiger charge is 2.13. The van der Waals surface area contributed by atoms with Crippen LogP contribution in [0.15, 0.2) is 12.1 Å². The predicted octanol–water partition coefficient (Wildman–Crippen LogP) is 1.39. The van der Waals surface area contributed by atoms with Crippen molar-refractivity contribution in [3.8, 4) is 11.5 Å². The molecule has 1 heterocycles. The van der Waals surface area contributed by atoms with Gasteiger partial charge in [-0.2, -0.15) is 0 Å². The molecule has 0 amide bonds. The Morgan fingerprint density at radius 2 is 1.71 bits per heavy atom. The van der Waals surface area contributed by atoms with Gasteiger partial charge in [0.25, 0.3) is 11.9 Å². The lowest BCUT2D eigenvalue weighted by molar-refractivity contribution is -0.135. The summed E-state index contributed by atoms with van der Waals surface area (Å²) in [7, 11) is 0. The molecule has 1 aromatic rings. The van der Waals surface area contributed by atoms with E-state index in [0.29, 0.717) is 5.56 Å². The summed E-state index contributed by atoms with van der Waals surface area (Å²) < 4.78 is 5.40. The number of aliphatic carboxylic acids is 2. The van der Waals surface area contributed by atoms with Gasteiger partial charge >= 0.3 is 0 Å². The number of aromatic hydroxyl groups is 1. The van der Waals surface area contributed by atoms with Crippen LogP contribution >= 0.6 is 0 Å². The van der Waals surface area contributed by atoms with E-state index in [1.165, 1.54) is 0 Å². The molecule has 0 saturated carbocycles. The number of hydrogen-bond acceptors (Lipinski definition) is 5. The molecule has 4 N–H and O–H groups in total. The standard InChI is InChI=1S/C10H12O3.2C2H4O2/c11-6-8-5-10-7(4-9(8)12)2-1-3-13-10;2*1-2(3)4/h4-5,11-12H,1-3,6H2;2*1H3,(H,3,4). The number of rotatable bonds is 1. The number of aliphatic hydroxyl groups excluding tert-OH is 1. The maximum atomic E-state index is 9.45. The maximum absolute atomic E-state index is 9.45. The number of carbonyl (C=O) groups is 2. The second-order valence-corrected chi connectivity index (χ2v) is 4.24. The fraction of sp³-hybridized carbons (Fsp3) is 0.429. The molecule has 7 nitrogen and oxygen atoms in total. The van der Waals surface area contributed by atoms with Crippen LogP contribution in [-0.2, 0) is 22.6 Å². The van der Waals surface area contributed by atoms with E-state index in [9.17, 15) is 5.11 Å². The Kier molecular flexibility index (Phi) is 8.55. The third kappa shape index (κ3) is 8.48. The molecule has 0 saturated heterocycles. The van der Waals surface area contributed by atoms with Crippen LogP contribution in [0.3, 0.4) is 0 Å². The van der Waals surface area contributed by atoms with Gasteiger partial charge in [0.1, 0.15) is 11.5 Å². The minimum atomic E-state index is -0.833. The monoisotopic (exact) mass is 300 g/mol. The molecule has 0 atom stereocenters. The lowest BCUT2D eigenvalue weighted by Crippen LogP contribution is -2.08. The molecule has 0 fully saturated rings. The Morgan fingerprint density at radius 3 is 2.19 bits per heavy atom. The molecule has 0 bridgehead atoms. The summed E-state index contributed by atoms with van der Waals surface area (Å²) in [6, 6.07) is 3.39. The second-order valence-electron chi connectivity index (χ2n) is 4.24. The number of aryl methyl sites for hydroxylation is 1. The Morgan fingerprint density at radius 1 is 1.19 bits per heavy atom. The SMILES string of the molecule is CC(=O)O.CC(=O)O.OCc1cc2c(cc1O)CCCO2. The Hall–Kier alpha value is -2.28. The van der Waals surface area contributed by atoms with Gasteiger partial charge in [-0.15, -0.1) is 0 Å². The second kappa shape index (κ2) is 9.60. The van der Waals surface area contributed by atoms with Gasteiger partial charge in [-0.05, 0) is 30.5 Å². The number of carboxylic acid groups (broad SMARTS) is 2. The van der Waals surface area contributed by atoms with Crippen LogP contribution in [0.2, 0.25) is 0 Å². The minimum absolute atomic E-state index is 0.150. The van der Waals surface area contributed by atoms with Crippen molar-refractivity contribution >= 4 is 11.9 Å². The molecule has 0 spiro atoms. The van der Waals surface area contributed by atoms with Crippen LogP contribution in [0.1, 0.15) is 31.4 Å². The molecule has 21 heavy (non-hydrogen) atoms. The highest BCUT2D eigenvalue weighted by molar-refractivity contribution is 5.63. The number of benzene rings is 1. The van der Waals surface area contributed by atoms with Gasteiger partial charge in [-0.3, -0.25) is 9.59 Å². The third-order valence-corrected chi connectivity index (χ3v) is 2.28. The van der Waals surface area contributed by atoms with Crippen molar-refractivity contribution in [3.63, 3.8) is 0 Å². The fourth-order valence-electron chi connectivity index (χ4n) is 1.55. The van der Waals surface area contributed by atoms with Gasteiger partial charge in [0, 0.05) is 19.4 Å². The van der Waals surface area contributed by atoms with E-state index in [4.69, 9.17) is 29.6 Å². The third-order valence-electron chi connectivity index (χ3n) is 2.28. The predicted molar refractivity (Wildman–Crippen MR) is 74.5 cm³/mol. The van der Waals surface area contributed by atoms with E-state index >= 15 is 0 Å². The number of phenols is 1. The zero-order valence-corrected chi connectivity index (χ0v) is 12.0. The summed E-state index contributed by atoms with van der Waals surface area (Å²) in [5, 5.41) is 33.2. The molecule has 2 rings (SSSR count). The number of hydrogen-bond donors (Lipinski definition) is 4. The minimum Gasteiger partial charge on any atom is -0.508 e. The Bertz CT molecular complexity index is 462. The van der Waals surface area contributed by atoms with Crippen molar-refractivity contribution in [1.29, 1.82) is 0 Å². The van der Waals surface area contributed by atoms with Crippen LogP contribution in [0, 0.1) is 0 Å². The number of ether oxygens (including phenoxy) is 1. The van der Waals surface area contributed by atoms with Crippen molar-refractivity contribution in [3.05, 3.63) is 23.3 Å². The Labute approximate surface area is 122 Å². The van der Waals surface area contributed by atoms with Crippen LogP contribution in [0.4, 0.5) is 0 Å². The number of fused-ring (bicyclic) bond motifs is 1. The summed E-state index contributed by atoms with van der Waals surface area (Å²) in [5.74, 6) is -0.708. The number of aliphatic hydroxyl groups is 1. The molecular weight excluding hydrogens is 280 g/mol. The van der Waals surface area contributed by atoms with E-state index in [1.807, 2.05) is 0 Å². The summed E-state index contributed by atoms with van der Waals surface area (Å²) in [6.45, 7) is 2.74. The van der Waals surface area contributed by atoms with Gasteiger partial charge in [0.15, 0.2) is 0 Å². The highest BCUT2D eigenvalue weighted by atomic mass is 16.5. The van der Waals surface area contributed by atoms with Gasteiger partial charge in [-0.1, -0.05) is 0 Å². The summed E-state index contributed by atoms with van der Waals surface area (Å²) in [5.41, 5.74) is 1.56. The van der Waals surface area contributed by atoms with Crippen LogP contribution in [-0.4, -0.2) is 39.0 Å². The lowest BCUT2D eigenvalue weighted by atomic mass is 10.0. The maximum Gasteiger partial charge on any atom is 0.300 e. The molecule has 1 aliphatic rings. The topological polar surface area (TPSA) is 124 Å². The largest absolute Gasteiger partial charge is 0.508 e. The zero-order chi connectivity index (χ0) is 16.4. The quantitative estimate of drug-likeness (QED) is 0.617. The molecule has 0 unspecified atom stereocenters. The van der Waals surface area contributed by atoms with Crippen LogP contribution < -0.4 is 4.74 Å². The molecule has 0 aliphatic carbocycles. The van der Waals surface area contributed by atoms with Crippen molar-refractivity contribution in [2.24, 2.45) is 0 Å². The van der Waals surface area contributed by atoms with Crippen molar-refractivity contribution in [1.82, 2.24) is 0 Å². The van der Waals surface area contributed by atoms with Crippen molar-refractivity contribution in [2.75, 3.05) is 6.61 Å². The normalized spacial score (nSPS) is 11.6. The van der Waals surface area contributed by atoms with E-state index in [2.05, 4.69) is 0 Å². The van der Waals surface area contributed by atoms with E-state index < -0.39 is 11.9 Å². The average Bonchev–Trinajstić information content (AvgIpc) is 2.36. The summed E-state index contributed by atoms with van der Waals surface area (Å²) in [4.78, 5) is 18.0. The smallest absolute Gasteiger partial charge is 0.300 e. The Balaban J connectivity index is 0.000000421. The summed E-state index contributed by atoms with van der Waals surface area (Å²) >= 11 is 0. The molecule has 1 aliphatic heterocycles. The van der Waals surface area contributed by atoms with Crippen molar-refractivity contribution in [2.45, 2.75) is 33.3 Å². The van der Waals surface area contributed by atoms with Crippen LogP contribution in [0.5, 0.6) is 11.5 Å². The summed E-state index contributed by atoms with van der Waals surface area (Å²) in [6.07, 6.45) is 1.93. The molecule has 0 radical (unpaired) electrons. The van der Waals surface area contributed by atoms with Gasteiger partial charge in [-0.25, -0.2) is 0 Å². The molecule has 118 valence electrons. The lowest BCUT2D eigenvalue weighted by Gasteiger charge is -2.18. The highest BCUT2D eigenvalue weighted by Crippen LogP contribution is 2.31. The molecule has 7 heteroatoms. The first-order valence-electron chi connectivity index (χ1n) is 6.25. The average molecular weight is 300 g/mol. The van der Waals surface area contributed by atoms with Crippen LogP contribution in [0.25, 0.3) is 0 Å². The molecular formula is C14H20O7. The van der Waals surface area contributed by atoms with Gasteiger partial charge in [0.05, 0.1) is 13.2 Å².